The lowest BCUT2D eigenvalue weighted by molar-refractivity contribution is -0.0415. The van der Waals surface area contributed by atoms with Gasteiger partial charge in [0.15, 0.2) is 0 Å². The number of likely N-dealkylation sites (tertiary alicyclic amines) is 2. The van der Waals surface area contributed by atoms with Gasteiger partial charge in [-0.2, -0.15) is 0 Å². The highest BCUT2D eigenvalue weighted by molar-refractivity contribution is 5.45. The molecule has 2 aromatic rings. The lowest BCUT2D eigenvalue weighted by Gasteiger charge is -2.60. The molecule has 3 atom stereocenters. The van der Waals surface area contributed by atoms with Crippen LogP contribution in [0.5, 0.6) is 11.5 Å². The second kappa shape index (κ2) is 7.00. The molecular weight excluding hydrogens is 372 g/mol. The number of rotatable bonds is 4. The van der Waals surface area contributed by atoms with Crippen LogP contribution in [-0.4, -0.2) is 52.2 Å². The van der Waals surface area contributed by atoms with Crippen molar-refractivity contribution in [2.24, 2.45) is 11.8 Å². The molecule has 2 saturated heterocycles. The van der Waals surface area contributed by atoms with Crippen LogP contribution in [0.2, 0.25) is 0 Å². The molecule has 3 fully saturated rings. The lowest BCUT2D eigenvalue weighted by atomic mass is 9.54. The monoisotopic (exact) mass is 404 g/mol. The molecule has 0 radical (unpaired) electrons. The number of phenols is 2. The third-order valence-corrected chi connectivity index (χ3v) is 8.41. The zero-order valence-electron chi connectivity index (χ0n) is 17.6. The van der Waals surface area contributed by atoms with E-state index in [1.165, 1.54) is 55.5 Å². The Morgan fingerprint density at radius 1 is 0.933 bits per heavy atom. The third-order valence-electron chi connectivity index (χ3n) is 8.41. The van der Waals surface area contributed by atoms with Gasteiger partial charge in [-0.25, -0.2) is 0 Å². The second-order valence-corrected chi connectivity index (χ2v) is 10.2. The van der Waals surface area contributed by atoms with E-state index in [0.29, 0.717) is 23.5 Å². The minimum Gasteiger partial charge on any atom is -0.508 e. The summed E-state index contributed by atoms with van der Waals surface area (Å²) < 4.78 is 0. The Bertz CT molecular complexity index is 939. The number of aromatic hydroxyl groups is 2. The van der Waals surface area contributed by atoms with Gasteiger partial charge < -0.3 is 10.2 Å². The van der Waals surface area contributed by atoms with Crippen LogP contribution in [0, 0.1) is 11.8 Å². The summed E-state index contributed by atoms with van der Waals surface area (Å²) in [5, 5.41) is 19.9. The van der Waals surface area contributed by atoms with Crippen molar-refractivity contribution in [2.75, 3.05) is 26.2 Å². The van der Waals surface area contributed by atoms with Crippen molar-refractivity contribution in [1.82, 2.24) is 9.80 Å². The van der Waals surface area contributed by atoms with Crippen molar-refractivity contribution in [2.45, 2.75) is 50.1 Å². The summed E-state index contributed by atoms with van der Waals surface area (Å²) in [6, 6.07) is 14.5. The molecule has 0 aromatic heterocycles. The van der Waals surface area contributed by atoms with Gasteiger partial charge in [0.2, 0.25) is 0 Å². The van der Waals surface area contributed by atoms with Crippen molar-refractivity contribution >= 4 is 0 Å². The first-order chi connectivity index (χ1) is 14.6. The SMILES string of the molecule is Oc1ccc(CN2CC[C@]34CCN(CC5CC5)[C@H](Cc5ccc(O)cc53)[C@@H]4C2)cc1. The first-order valence-corrected chi connectivity index (χ1v) is 11.7. The number of hydrogen-bond acceptors (Lipinski definition) is 4. The average Bonchev–Trinajstić information content (AvgIpc) is 3.56. The molecule has 2 aliphatic heterocycles. The zero-order valence-corrected chi connectivity index (χ0v) is 17.6. The van der Waals surface area contributed by atoms with Gasteiger partial charge >= 0.3 is 0 Å². The van der Waals surface area contributed by atoms with E-state index in [0.717, 1.165) is 32.0 Å². The molecule has 2 heterocycles. The van der Waals surface area contributed by atoms with E-state index >= 15 is 0 Å². The molecule has 4 heteroatoms. The van der Waals surface area contributed by atoms with Crippen LogP contribution in [0.4, 0.5) is 0 Å². The standard InChI is InChI=1S/C26H32N2O2/c29-21-6-3-18(4-7-21)15-27-11-9-26-10-12-28(16-19-1-2-19)25(24(26)17-27)13-20-5-8-22(30)14-23(20)26/h3-8,14,19,24-25,29-30H,1-2,9-13,15-17H2/t24-,25+,26-/m0/s1. The van der Waals surface area contributed by atoms with Crippen molar-refractivity contribution < 1.29 is 10.2 Å². The summed E-state index contributed by atoms with van der Waals surface area (Å²) in [5.74, 6) is 2.32. The molecule has 2 N–H and O–H groups in total. The molecule has 0 spiro atoms. The molecule has 2 aliphatic carbocycles. The Labute approximate surface area is 179 Å². The largest absolute Gasteiger partial charge is 0.508 e. The Kier molecular flexibility index (Phi) is 4.36. The molecule has 2 aromatic carbocycles. The predicted octanol–water partition coefficient (Wildman–Crippen LogP) is 3.90. The first-order valence-electron chi connectivity index (χ1n) is 11.7. The summed E-state index contributed by atoms with van der Waals surface area (Å²) in [5.41, 5.74) is 4.42. The molecule has 2 bridgehead atoms. The highest BCUT2D eigenvalue weighted by Gasteiger charge is 2.55. The second-order valence-electron chi connectivity index (χ2n) is 10.2. The normalized spacial score (nSPS) is 31.2. The van der Waals surface area contributed by atoms with E-state index < -0.39 is 0 Å². The van der Waals surface area contributed by atoms with Crippen molar-refractivity contribution in [3.63, 3.8) is 0 Å². The number of benzene rings is 2. The smallest absolute Gasteiger partial charge is 0.115 e. The highest BCUT2D eigenvalue weighted by Crippen LogP contribution is 2.54. The van der Waals surface area contributed by atoms with Gasteiger partial charge in [0.05, 0.1) is 0 Å². The first kappa shape index (κ1) is 18.7. The maximum absolute atomic E-state index is 10.3. The summed E-state index contributed by atoms with van der Waals surface area (Å²) >= 11 is 0. The number of phenolic OH excluding ortho intramolecular Hbond substituents is 2. The summed E-state index contributed by atoms with van der Waals surface area (Å²) in [6.07, 6.45) is 6.36. The van der Waals surface area contributed by atoms with E-state index in [1.807, 2.05) is 18.2 Å². The minimum atomic E-state index is 0.225. The predicted molar refractivity (Wildman–Crippen MR) is 118 cm³/mol. The zero-order chi connectivity index (χ0) is 20.3. The van der Waals surface area contributed by atoms with E-state index in [4.69, 9.17) is 0 Å². The van der Waals surface area contributed by atoms with Crippen LogP contribution in [0.15, 0.2) is 42.5 Å². The maximum Gasteiger partial charge on any atom is 0.115 e. The minimum absolute atomic E-state index is 0.225. The molecule has 158 valence electrons. The van der Waals surface area contributed by atoms with E-state index in [1.54, 1.807) is 12.1 Å². The van der Waals surface area contributed by atoms with Crippen LogP contribution < -0.4 is 0 Å². The summed E-state index contributed by atoms with van der Waals surface area (Å²) in [7, 11) is 0. The fourth-order valence-electron chi connectivity index (χ4n) is 6.68. The number of hydrogen-bond donors (Lipinski definition) is 2. The molecule has 4 aliphatic rings. The van der Waals surface area contributed by atoms with Crippen LogP contribution >= 0.6 is 0 Å². The molecule has 0 unspecified atom stereocenters. The lowest BCUT2D eigenvalue weighted by Crippen LogP contribution is -2.65. The van der Waals surface area contributed by atoms with Crippen LogP contribution in [-0.2, 0) is 18.4 Å². The molecule has 30 heavy (non-hydrogen) atoms. The van der Waals surface area contributed by atoms with Gasteiger partial charge in [0.25, 0.3) is 0 Å². The van der Waals surface area contributed by atoms with E-state index in [-0.39, 0.29) is 5.41 Å². The number of piperidine rings is 2. The Morgan fingerprint density at radius 2 is 1.70 bits per heavy atom. The van der Waals surface area contributed by atoms with Crippen LogP contribution in [0.3, 0.4) is 0 Å². The maximum atomic E-state index is 10.3. The Hall–Kier alpha value is -2.04. The van der Waals surface area contributed by atoms with Crippen molar-refractivity contribution in [3.05, 3.63) is 59.2 Å². The fourth-order valence-corrected chi connectivity index (χ4v) is 6.68. The van der Waals surface area contributed by atoms with Crippen molar-refractivity contribution in [1.29, 1.82) is 0 Å². The van der Waals surface area contributed by atoms with Gasteiger partial charge in [0, 0.05) is 31.1 Å². The molecule has 6 rings (SSSR count). The quantitative estimate of drug-likeness (QED) is 0.811. The van der Waals surface area contributed by atoms with Gasteiger partial charge in [-0.3, -0.25) is 9.80 Å². The van der Waals surface area contributed by atoms with E-state index in [9.17, 15) is 10.2 Å². The molecule has 4 nitrogen and oxygen atoms in total. The van der Waals surface area contributed by atoms with Gasteiger partial charge in [0.1, 0.15) is 11.5 Å². The highest BCUT2D eigenvalue weighted by atomic mass is 16.3. The molecule has 1 saturated carbocycles. The summed E-state index contributed by atoms with van der Waals surface area (Å²) in [6.45, 7) is 5.67. The number of fused-ring (bicyclic) bond motifs is 1. The van der Waals surface area contributed by atoms with Gasteiger partial charge in [-0.05, 0) is 98.0 Å². The topological polar surface area (TPSA) is 46.9 Å². The Balaban J connectivity index is 1.32. The van der Waals surface area contributed by atoms with Crippen molar-refractivity contribution in [3.8, 4) is 11.5 Å². The van der Waals surface area contributed by atoms with Gasteiger partial charge in [-0.1, -0.05) is 18.2 Å². The van der Waals surface area contributed by atoms with Crippen LogP contribution in [0.25, 0.3) is 0 Å². The average molecular weight is 405 g/mol. The summed E-state index contributed by atoms with van der Waals surface area (Å²) in [4.78, 5) is 5.44. The van der Waals surface area contributed by atoms with Gasteiger partial charge in [-0.15, -0.1) is 0 Å². The third kappa shape index (κ3) is 3.12. The van der Waals surface area contributed by atoms with E-state index in [2.05, 4.69) is 21.9 Å². The Morgan fingerprint density at radius 3 is 2.50 bits per heavy atom. The van der Waals surface area contributed by atoms with Crippen LogP contribution in [0.1, 0.15) is 42.4 Å². The molecular formula is C26H32N2O2. The fraction of sp³-hybridized carbons (Fsp3) is 0.538. The molecule has 0 amide bonds. The number of nitrogens with zero attached hydrogens (tertiary/aromatic N) is 2.